The minimum absolute atomic E-state index is 0.0165. The second kappa shape index (κ2) is 12.6. The standard InChI is InChI=1S/C32H46O12/c1-11-16(5)27(35)40-20-14-30(9,44-19(8)33)23-22(26-32(20,39)31(10,38)29(37)43-26)18(7)24(42-28(36)17(6)12-2)25(23)41-21(34)13-15(3)4/h12,15-16,20,23-26,38-39H,11,13-14H2,1-10H3/b17-12-/t16-,20-,23+,24-,25+,26-,30-,31+,32+/m0/s1. The summed E-state index contributed by atoms with van der Waals surface area (Å²) in [7, 11) is 0. The number of rotatable bonds is 9. The lowest BCUT2D eigenvalue weighted by Crippen LogP contribution is -2.64. The topological polar surface area (TPSA) is 172 Å². The van der Waals surface area contributed by atoms with Crippen LogP contribution < -0.4 is 0 Å². The van der Waals surface area contributed by atoms with Crippen molar-refractivity contribution in [3.63, 3.8) is 0 Å². The Morgan fingerprint density at radius 2 is 1.68 bits per heavy atom. The molecule has 0 spiro atoms. The zero-order valence-electron chi connectivity index (χ0n) is 27.2. The van der Waals surface area contributed by atoms with Crippen LogP contribution in [0, 0.1) is 17.8 Å². The van der Waals surface area contributed by atoms with Gasteiger partial charge in [-0.25, -0.2) is 9.59 Å². The SMILES string of the molecule is C/C=C(/C)C(=O)O[C@H]1C(C)=C2[C@H]([C@H]1OC(=O)CC(C)C)[C@@](C)(OC(C)=O)C[C@H](OC(=O)[C@@H](C)CC)[C@@]1(O)[C@H]2OC(=O)[C@@]1(C)O. The molecule has 3 aliphatic rings. The number of hydrogen-bond donors (Lipinski definition) is 2. The first-order valence-corrected chi connectivity index (χ1v) is 15.1. The number of ether oxygens (including phenoxy) is 5. The lowest BCUT2D eigenvalue weighted by Gasteiger charge is -2.42. The molecule has 12 heteroatoms. The summed E-state index contributed by atoms with van der Waals surface area (Å²) in [6, 6.07) is 0. The summed E-state index contributed by atoms with van der Waals surface area (Å²) in [5.74, 6) is -5.81. The van der Waals surface area contributed by atoms with Crippen LogP contribution in [0.3, 0.4) is 0 Å². The molecule has 246 valence electrons. The van der Waals surface area contributed by atoms with E-state index < -0.39 is 89.3 Å². The van der Waals surface area contributed by atoms with E-state index in [1.54, 1.807) is 40.7 Å². The Bertz CT molecular complexity index is 1260. The number of esters is 5. The van der Waals surface area contributed by atoms with Gasteiger partial charge in [-0.1, -0.05) is 33.8 Å². The van der Waals surface area contributed by atoms with Gasteiger partial charge in [-0.15, -0.1) is 0 Å². The molecule has 2 fully saturated rings. The molecule has 3 rings (SSSR count). The molecular weight excluding hydrogens is 576 g/mol. The Kier molecular flexibility index (Phi) is 10.1. The highest BCUT2D eigenvalue weighted by Gasteiger charge is 2.76. The number of carbonyl (C=O) groups is 5. The van der Waals surface area contributed by atoms with E-state index in [-0.39, 0.29) is 29.1 Å². The van der Waals surface area contributed by atoms with Crippen molar-refractivity contribution >= 4 is 29.8 Å². The van der Waals surface area contributed by atoms with Gasteiger partial charge in [0, 0.05) is 25.3 Å². The van der Waals surface area contributed by atoms with Gasteiger partial charge < -0.3 is 33.9 Å². The zero-order valence-corrected chi connectivity index (χ0v) is 27.2. The summed E-state index contributed by atoms with van der Waals surface area (Å²) >= 11 is 0. The Morgan fingerprint density at radius 3 is 2.20 bits per heavy atom. The zero-order chi connectivity index (χ0) is 33.5. The first-order valence-electron chi connectivity index (χ1n) is 15.1. The average Bonchev–Trinajstić information content (AvgIpc) is 3.25. The van der Waals surface area contributed by atoms with Gasteiger partial charge in [-0.05, 0) is 58.1 Å². The predicted octanol–water partition coefficient (Wildman–Crippen LogP) is 2.86. The lowest BCUT2D eigenvalue weighted by atomic mass is 9.75. The van der Waals surface area contributed by atoms with Crippen molar-refractivity contribution in [1.29, 1.82) is 0 Å². The lowest BCUT2D eigenvalue weighted by molar-refractivity contribution is -0.214. The van der Waals surface area contributed by atoms with Gasteiger partial charge in [-0.2, -0.15) is 0 Å². The molecule has 2 aliphatic carbocycles. The monoisotopic (exact) mass is 622 g/mol. The van der Waals surface area contributed by atoms with E-state index in [0.717, 1.165) is 6.92 Å². The largest absolute Gasteiger partial charge is 0.459 e. The van der Waals surface area contributed by atoms with Crippen LogP contribution in [0.5, 0.6) is 0 Å². The van der Waals surface area contributed by atoms with Crippen LogP contribution in [-0.2, 0) is 47.7 Å². The number of fused-ring (bicyclic) bond motifs is 3. The van der Waals surface area contributed by atoms with Crippen molar-refractivity contribution in [1.82, 2.24) is 0 Å². The first kappa shape index (κ1) is 35.2. The van der Waals surface area contributed by atoms with Crippen molar-refractivity contribution in [3.8, 4) is 0 Å². The smallest absolute Gasteiger partial charge is 0.341 e. The van der Waals surface area contributed by atoms with Crippen LogP contribution in [0.15, 0.2) is 22.8 Å². The average molecular weight is 623 g/mol. The fraction of sp³-hybridized carbons (Fsp3) is 0.719. The van der Waals surface area contributed by atoms with E-state index in [1.807, 2.05) is 13.8 Å². The van der Waals surface area contributed by atoms with Crippen LogP contribution in [0.2, 0.25) is 0 Å². The maximum Gasteiger partial charge on any atom is 0.341 e. The molecule has 0 unspecified atom stereocenters. The maximum atomic E-state index is 13.2. The van der Waals surface area contributed by atoms with E-state index in [0.29, 0.717) is 6.42 Å². The van der Waals surface area contributed by atoms with Crippen molar-refractivity contribution in [2.24, 2.45) is 17.8 Å². The molecule has 44 heavy (non-hydrogen) atoms. The fourth-order valence-electron chi connectivity index (χ4n) is 6.35. The predicted molar refractivity (Wildman–Crippen MR) is 154 cm³/mol. The second-order valence-corrected chi connectivity index (χ2v) is 13.0. The highest BCUT2D eigenvalue weighted by molar-refractivity contribution is 5.88. The van der Waals surface area contributed by atoms with Crippen LogP contribution >= 0.6 is 0 Å². The van der Waals surface area contributed by atoms with E-state index in [2.05, 4.69) is 0 Å². The Morgan fingerprint density at radius 1 is 1.07 bits per heavy atom. The van der Waals surface area contributed by atoms with Gasteiger partial charge >= 0.3 is 29.8 Å². The Hall–Kier alpha value is -3.25. The Balaban J connectivity index is 2.34. The maximum absolute atomic E-state index is 13.2. The van der Waals surface area contributed by atoms with Crippen LogP contribution in [0.4, 0.5) is 0 Å². The van der Waals surface area contributed by atoms with Crippen LogP contribution in [0.1, 0.15) is 88.5 Å². The molecule has 1 heterocycles. The summed E-state index contributed by atoms with van der Waals surface area (Å²) in [5, 5.41) is 23.9. The fourth-order valence-corrected chi connectivity index (χ4v) is 6.35. The molecule has 0 aromatic rings. The number of hydrogen-bond acceptors (Lipinski definition) is 12. The molecule has 0 aromatic heterocycles. The van der Waals surface area contributed by atoms with Gasteiger partial charge in [0.25, 0.3) is 0 Å². The molecule has 0 bridgehead atoms. The molecule has 12 nitrogen and oxygen atoms in total. The van der Waals surface area contributed by atoms with Crippen molar-refractivity contribution in [2.45, 2.75) is 130 Å². The quantitative estimate of drug-likeness (QED) is 0.167. The third kappa shape index (κ3) is 6.02. The van der Waals surface area contributed by atoms with E-state index >= 15 is 0 Å². The second-order valence-electron chi connectivity index (χ2n) is 13.0. The molecule has 0 amide bonds. The highest BCUT2D eigenvalue weighted by Crippen LogP contribution is 2.57. The highest BCUT2D eigenvalue weighted by atomic mass is 16.6. The van der Waals surface area contributed by atoms with E-state index in [1.165, 1.54) is 13.8 Å². The van der Waals surface area contributed by atoms with Gasteiger partial charge in [0.2, 0.25) is 0 Å². The van der Waals surface area contributed by atoms with E-state index in [4.69, 9.17) is 23.7 Å². The number of allylic oxidation sites excluding steroid dienone is 1. The third-order valence-corrected chi connectivity index (χ3v) is 9.15. The molecule has 1 saturated heterocycles. The molecule has 0 aromatic carbocycles. The molecule has 2 N–H and O–H groups in total. The summed E-state index contributed by atoms with van der Waals surface area (Å²) < 4.78 is 29.2. The van der Waals surface area contributed by atoms with Gasteiger partial charge in [-0.3, -0.25) is 14.4 Å². The summed E-state index contributed by atoms with van der Waals surface area (Å²) in [5.41, 5.74) is -6.19. The summed E-state index contributed by atoms with van der Waals surface area (Å²) in [6.07, 6.45) is -4.27. The molecule has 9 atom stereocenters. The van der Waals surface area contributed by atoms with Crippen molar-refractivity contribution in [3.05, 3.63) is 22.8 Å². The third-order valence-electron chi connectivity index (χ3n) is 9.15. The van der Waals surface area contributed by atoms with Crippen LogP contribution in [-0.4, -0.2) is 81.3 Å². The normalized spacial score (nSPS) is 35.7. The first-order chi connectivity index (χ1) is 20.3. The molecule has 1 saturated carbocycles. The van der Waals surface area contributed by atoms with Crippen molar-refractivity contribution < 1.29 is 57.9 Å². The summed E-state index contributed by atoms with van der Waals surface area (Å²) in [4.78, 5) is 65.0. The summed E-state index contributed by atoms with van der Waals surface area (Å²) in [6.45, 7) is 15.5. The number of carbonyl (C=O) groups excluding carboxylic acids is 5. The molecule has 0 radical (unpaired) electrons. The number of aliphatic hydroxyl groups is 2. The Labute approximate surface area is 258 Å². The van der Waals surface area contributed by atoms with Gasteiger partial charge in [0.05, 0.1) is 11.8 Å². The van der Waals surface area contributed by atoms with Crippen molar-refractivity contribution in [2.75, 3.05) is 0 Å². The van der Waals surface area contributed by atoms with E-state index in [9.17, 15) is 34.2 Å². The minimum Gasteiger partial charge on any atom is -0.459 e. The van der Waals surface area contributed by atoms with Gasteiger partial charge in [0.15, 0.2) is 29.5 Å². The van der Waals surface area contributed by atoms with Crippen LogP contribution in [0.25, 0.3) is 0 Å². The molecular formula is C32H46O12. The molecule has 1 aliphatic heterocycles. The minimum atomic E-state index is -2.59. The van der Waals surface area contributed by atoms with Gasteiger partial charge in [0.1, 0.15) is 11.7 Å².